The molecular weight excluding hydrogens is 286 g/mol. The maximum absolute atomic E-state index is 10.3. The molecule has 1 aromatic carbocycles. The first-order chi connectivity index (χ1) is 10.2. The van der Waals surface area contributed by atoms with Gasteiger partial charge < -0.3 is 9.84 Å². The molecule has 0 aromatic heterocycles. The number of rotatable bonds is 4. The van der Waals surface area contributed by atoms with Gasteiger partial charge in [-0.25, -0.2) is 0 Å². The molecule has 21 heavy (non-hydrogen) atoms. The van der Waals surface area contributed by atoms with Crippen molar-refractivity contribution in [2.24, 2.45) is 5.92 Å². The Morgan fingerprint density at radius 2 is 2.00 bits per heavy atom. The van der Waals surface area contributed by atoms with Gasteiger partial charge in [0.15, 0.2) is 11.5 Å². The highest BCUT2D eigenvalue weighted by Crippen LogP contribution is 2.39. The maximum Gasteiger partial charge on any atom is 0.162 e. The lowest BCUT2D eigenvalue weighted by atomic mass is 9.95. The van der Waals surface area contributed by atoms with Crippen LogP contribution in [0.15, 0.2) is 12.1 Å². The summed E-state index contributed by atoms with van der Waals surface area (Å²) in [6.45, 7) is 1.89. The number of benzene rings is 1. The van der Waals surface area contributed by atoms with Gasteiger partial charge in [-0.1, -0.05) is 24.4 Å². The zero-order valence-electron chi connectivity index (χ0n) is 12.6. The quantitative estimate of drug-likeness (QED) is 0.904. The fraction of sp³-hybridized carbons (Fsp3) is 0.647. The van der Waals surface area contributed by atoms with Crippen LogP contribution in [0.1, 0.15) is 44.1 Å². The number of phenols is 1. The van der Waals surface area contributed by atoms with Crippen molar-refractivity contribution in [3.05, 3.63) is 22.7 Å². The Kier molecular flexibility index (Phi) is 4.60. The lowest BCUT2D eigenvalue weighted by Gasteiger charge is -2.29. The summed E-state index contributed by atoms with van der Waals surface area (Å²) in [4.78, 5) is 2.53. The van der Waals surface area contributed by atoms with E-state index < -0.39 is 0 Å². The van der Waals surface area contributed by atoms with Gasteiger partial charge in [0.25, 0.3) is 0 Å². The van der Waals surface area contributed by atoms with Crippen LogP contribution in [0.2, 0.25) is 5.02 Å². The van der Waals surface area contributed by atoms with Gasteiger partial charge in [-0.05, 0) is 44.2 Å². The second-order valence-electron chi connectivity index (χ2n) is 6.34. The van der Waals surface area contributed by atoms with Crippen LogP contribution in [-0.4, -0.2) is 29.7 Å². The van der Waals surface area contributed by atoms with Crippen LogP contribution in [0, 0.1) is 5.92 Å². The molecule has 116 valence electrons. The Hall–Kier alpha value is -0.930. The molecular formula is C17H24ClNO2. The molecule has 1 unspecified atom stereocenters. The third kappa shape index (κ3) is 3.14. The molecule has 1 heterocycles. The Balaban J connectivity index is 1.77. The number of phenolic OH excluding ortho intramolecular Hbond substituents is 1. The Morgan fingerprint density at radius 1 is 1.24 bits per heavy atom. The van der Waals surface area contributed by atoms with E-state index in [9.17, 15) is 5.11 Å². The third-order valence-corrected chi connectivity index (χ3v) is 5.29. The Morgan fingerprint density at radius 3 is 2.71 bits per heavy atom. The second kappa shape index (κ2) is 6.45. The van der Waals surface area contributed by atoms with Crippen molar-refractivity contribution >= 4 is 11.6 Å². The fourth-order valence-corrected chi connectivity index (χ4v) is 4.28. The normalized spacial score (nSPS) is 23.8. The van der Waals surface area contributed by atoms with Crippen LogP contribution >= 0.6 is 11.6 Å². The maximum atomic E-state index is 10.3. The summed E-state index contributed by atoms with van der Waals surface area (Å²) < 4.78 is 5.20. The number of nitrogens with zero attached hydrogens (tertiary/aromatic N) is 1. The van der Waals surface area contributed by atoms with Gasteiger partial charge in [-0.2, -0.15) is 0 Å². The van der Waals surface area contributed by atoms with Gasteiger partial charge in [-0.15, -0.1) is 0 Å². The predicted octanol–water partition coefficient (Wildman–Crippen LogP) is 4.21. The minimum Gasteiger partial charge on any atom is -0.504 e. The molecule has 4 heteroatoms. The molecule has 3 rings (SSSR count). The summed E-state index contributed by atoms with van der Waals surface area (Å²) in [6, 6.07) is 4.21. The van der Waals surface area contributed by atoms with Crippen LogP contribution in [-0.2, 0) is 6.54 Å². The number of likely N-dealkylation sites (tertiary alicyclic amines) is 1. The van der Waals surface area contributed by atoms with E-state index in [1.807, 2.05) is 6.07 Å². The fourth-order valence-electron chi connectivity index (χ4n) is 4.05. The molecule has 2 aliphatic rings. The molecule has 0 amide bonds. The molecule has 0 bridgehead atoms. The lowest BCUT2D eigenvalue weighted by Crippen LogP contribution is -2.34. The van der Waals surface area contributed by atoms with Crippen molar-refractivity contribution in [1.29, 1.82) is 0 Å². The summed E-state index contributed by atoms with van der Waals surface area (Å²) in [6.07, 6.45) is 8.05. The van der Waals surface area contributed by atoms with E-state index in [2.05, 4.69) is 4.90 Å². The Bertz CT molecular complexity index is 500. The van der Waals surface area contributed by atoms with E-state index >= 15 is 0 Å². The Labute approximate surface area is 131 Å². The minimum atomic E-state index is 0.235. The standard InChI is InChI=1S/C17H24ClNO2/c1-21-16-10-14(18)9-13(17(16)20)11-19-8-4-7-15(19)12-5-2-3-6-12/h9-10,12,15,20H,2-8,11H2,1H3. The summed E-state index contributed by atoms with van der Waals surface area (Å²) in [5.74, 6) is 1.55. The predicted molar refractivity (Wildman–Crippen MR) is 85.1 cm³/mol. The van der Waals surface area contributed by atoms with Crippen molar-refractivity contribution in [3.63, 3.8) is 0 Å². The van der Waals surface area contributed by atoms with Crippen LogP contribution in [0.4, 0.5) is 0 Å². The molecule has 1 saturated carbocycles. The number of hydrogen-bond donors (Lipinski definition) is 1. The smallest absolute Gasteiger partial charge is 0.162 e. The number of ether oxygens (including phenoxy) is 1. The molecule has 1 aliphatic heterocycles. The average Bonchev–Trinajstić information content (AvgIpc) is 3.12. The molecule has 0 radical (unpaired) electrons. The van der Waals surface area contributed by atoms with Crippen LogP contribution in [0.25, 0.3) is 0 Å². The monoisotopic (exact) mass is 309 g/mol. The zero-order chi connectivity index (χ0) is 14.8. The largest absolute Gasteiger partial charge is 0.504 e. The summed E-state index contributed by atoms with van der Waals surface area (Å²) >= 11 is 6.14. The van der Waals surface area contributed by atoms with Crippen molar-refractivity contribution in [3.8, 4) is 11.5 Å². The van der Waals surface area contributed by atoms with Crippen molar-refractivity contribution in [1.82, 2.24) is 4.90 Å². The summed E-state index contributed by atoms with van der Waals surface area (Å²) in [7, 11) is 1.56. The lowest BCUT2D eigenvalue weighted by molar-refractivity contribution is 0.181. The topological polar surface area (TPSA) is 32.7 Å². The molecule has 1 saturated heterocycles. The van der Waals surface area contributed by atoms with Gasteiger partial charge in [-0.3, -0.25) is 4.90 Å². The SMILES string of the molecule is COc1cc(Cl)cc(CN2CCCC2C2CCCC2)c1O. The molecule has 1 aliphatic carbocycles. The average molecular weight is 310 g/mol. The first-order valence-corrected chi connectivity index (χ1v) is 8.36. The minimum absolute atomic E-state index is 0.235. The molecule has 1 aromatic rings. The van der Waals surface area contributed by atoms with E-state index in [1.54, 1.807) is 13.2 Å². The van der Waals surface area contributed by atoms with Crippen molar-refractivity contribution in [2.45, 2.75) is 51.1 Å². The highest BCUT2D eigenvalue weighted by molar-refractivity contribution is 6.30. The van der Waals surface area contributed by atoms with Crippen molar-refractivity contribution in [2.75, 3.05) is 13.7 Å². The second-order valence-corrected chi connectivity index (χ2v) is 6.78. The molecule has 3 nitrogen and oxygen atoms in total. The molecule has 2 fully saturated rings. The highest BCUT2D eigenvalue weighted by Gasteiger charge is 2.33. The van der Waals surface area contributed by atoms with Gasteiger partial charge >= 0.3 is 0 Å². The summed E-state index contributed by atoms with van der Waals surface area (Å²) in [5, 5.41) is 10.9. The van der Waals surface area contributed by atoms with Gasteiger partial charge in [0.1, 0.15) is 0 Å². The van der Waals surface area contributed by atoms with Gasteiger partial charge in [0, 0.05) is 29.2 Å². The van der Waals surface area contributed by atoms with Crippen LogP contribution in [0.5, 0.6) is 11.5 Å². The van der Waals surface area contributed by atoms with E-state index in [0.29, 0.717) is 16.8 Å². The molecule has 1 N–H and O–H groups in total. The first-order valence-electron chi connectivity index (χ1n) is 7.98. The summed E-state index contributed by atoms with van der Waals surface area (Å²) in [5.41, 5.74) is 0.879. The van der Waals surface area contributed by atoms with Gasteiger partial charge in [0.2, 0.25) is 0 Å². The van der Waals surface area contributed by atoms with Crippen LogP contribution in [0.3, 0.4) is 0 Å². The van der Waals surface area contributed by atoms with Gasteiger partial charge in [0.05, 0.1) is 7.11 Å². The van der Waals surface area contributed by atoms with E-state index in [-0.39, 0.29) is 5.75 Å². The number of hydrogen-bond acceptors (Lipinski definition) is 3. The van der Waals surface area contributed by atoms with E-state index in [0.717, 1.165) is 24.6 Å². The van der Waals surface area contributed by atoms with Crippen molar-refractivity contribution < 1.29 is 9.84 Å². The molecule has 1 atom stereocenters. The highest BCUT2D eigenvalue weighted by atomic mass is 35.5. The zero-order valence-corrected chi connectivity index (χ0v) is 13.4. The third-order valence-electron chi connectivity index (χ3n) is 5.07. The number of halogens is 1. The van der Waals surface area contributed by atoms with E-state index in [1.165, 1.54) is 38.5 Å². The molecule has 0 spiro atoms. The first kappa shape index (κ1) is 15.0. The van der Waals surface area contributed by atoms with E-state index in [4.69, 9.17) is 16.3 Å². The number of aromatic hydroxyl groups is 1. The van der Waals surface area contributed by atoms with Crippen LogP contribution < -0.4 is 4.74 Å². The number of methoxy groups -OCH3 is 1.